The van der Waals surface area contributed by atoms with Crippen LogP contribution in [0.5, 0.6) is 11.6 Å². The second kappa shape index (κ2) is 9.68. The first-order valence-electron chi connectivity index (χ1n) is 12.0. The number of hydrogen-bond acceptors (Lipinski definition) is 5. The molecule has 0 aliphatic heterocycles. The summed E-state index contributed by atoms with van der Waals surface area (Å²) in [5.74, 6) is -0.375. The van der Waals surface area contributed by atoms with Crippen LogP contribution in [-0.4, -0.2) is 23.7 Å². The van der Waals surface area contributed by atoms with Crippen LogP contribution in [0.4, 0.5) is 18.9 Å². The SMILES string of the molecule is CCCS(=O)(=O)Nc1ccc(-c2c(C#N)c3ccc(Oc4ncccc4C(F)(F)F)cc3n2C2CC2)cc1. The van der Waals surface area contributed by atoms with Gasteiger partial charge in [-0.15, -0.1) is 0 Å². The van der Waals surface area contributed by atoms with E-state index in [2.05, 4.69) is 15.8 Å². The first-order chi connectivity index (χ1) is 18.1. The van der Waals surface area contributed by atoms with Crippen LogP contribution in [0, 0.1) is 11.3 Å². The predicted molar refractivity (Wildman–Crippen MR) is 137 cm³/mol. The zero-order valence-electron chi connectivity index (χ0n) is 20.3. The molecule has 1 aliphatic carbocycles. The number of rotatable bonds is 8. The molecule has 2 aromatic carbocycles. The van der Waals surface area contributed by atoms with Crippen LogP contribution in [0.15, 0.2) is 60.8 Å². The number of sulfonamides is 1. The van der Waals surface area contributed by atoms with E-state index in [0.717, 1.165) is 24.5 Å². The van der Waals surface area contributed by atoms with Gasteiger partial charge in [-0.2, -0.15) is 18.4 Å². The van der Waals surface area contributed by atoms with Gasteiger partial charge in [0.05, 0.1) is 22.5 Å². The van der Waals surface area contributed by atoms with Crippen LogP contribution < -0.4 is 9.46 Å². The number of anilines is 1. The van der Waals surface area contributed by atoms with Gasteiger partial charge in [0.25, 0.3) is 0 Å². The molecule has 4 aromatic rings. The summed E-state index contributed by atoms with van der Waals surface area (Å²) >= 11 is 0. The maximum absolute atomic E-state index is 13.4. The Morgan fingerprint density at radius 1 is 1.16 bits per heavy atom. The van der Waals surface area contributed by atoms with Gasteiger partial charge in [0.15, 0.2) is 0 Å². The zero-order chi connectivity index (χ0) is 27.1. The molecular formula is C27H23F3N4O3S. The molecule has 11 heteroatoms. The molecule has 196 valence electrons. The number of alkyl halides is 3. The van der Waals surface area contributed by atoms with Gasteiger partial charge in [-0.1, -0.05) is 19.1 Å². The molecule has 0 spiro atoms. The molecule has 2 aromatic heterocycles. The molecule has 0 atom stereocenters. The Labute approximate surface area is 217 Å². The van der Waals surface area contributed by atoms with Crippen molar-refractivity contribution < 1.29 is 26.3 Å². The first-order valence-corrected chi connectivity index (χ1v) is 13.7. The van der Waals surface area contributed by atoms with Crippen molar-refractivity contribution in [2.45, 2.75) is 38.4 Å². The summed E-state index contributed by atoms with van der Waals surface area (Å²) in [6, 6.07) is 16.1. The molecule has 2 heterocycles. The average Bonchev–Trinajstić information content (AvgIpc) is 3.65. The smallest absolute Gasteiger partial charge is 0.421 e. The molecule has 0 saturated heterocycles. The molecule has 0 radical (unpaired) electrons. The Balaban J connectivity index is 1.57. The zero-order valence-corrected chi connectivity index (χ0v) is 21.1. The van der Waals surface area contributed by atoms with Gasteiger partial charge in [0, 0.05) is 29.4 Å². The van der Waals surface area contributed by atoms with Gasteiger partial charge in [-0.3, -0.25) is 4.72 Å². The topological polar surface area (TPSA) is 97.0 Å². The van der Waals surface area contributed by atoms with Gasteiger partial charge >= 0.3 is 6.18 Å². The summed E-state index contributed by atoms with van der Waals surface area (Å²) in [5.41, 5.74) is 1.90. The highest BCUT2D eigenvalue weighted by Gasteiger charge is 2.35. The Morgan fingerprint density at radius 2 is 1.89 bits per heavy atom. The highest BCUT2D eigenvalue weighted by Crippen LogP contribution is 2.46. The van der Waals surface area contributed by atoms with Crippen LogP contribution >= 0.6 is 0 Å². The number of halogens is 3. The molecular weight excluding hydrogens is 517 g/mol. The van der Waals surface area contributed by atoms with E-state index < -0.39 is 27.6 Å². The lowest BCUT2D eigenvalue weighted by Gasteiger charge is -2.13. The number of nitrogens with one attached hydrogen (secondary N) is 1. The fourth-order valence-electron chi connectivity index (χ4n) is 4.46. The minimum Gasteiger partial charge on any atom is -0.438 e. The maximum Gasteiger partial charge on any atom is 0.421 e. The van der Waals surface area contributed by atoms with Crippen molar-refractivity contribution in [3.63, 3.8) is 0 Å². The molecule has 1 saturated carbocycles. The number of nitriles is 1. The van der Waals surface area contributed by atoms with E-state index in [-0.39, 0.29) is 17.5 Å². The largest absolute Gasteiger partial charge is 0.438 e. The van der Waals surface area contributed by atoms with E-state index in [4.69, 9.17) is 4.74 Å². The second-order valence-corrected chi connectivity index (χ2v) is 10.9. The van der Waals surface area contributed by atoms with Crippen molar-refractivity contribution in [1.29, 1.82) is 5.26 Å². The fraction of sp³-hybridized carbons (Fsp3) is 0.259. The maximum atomic E-state index is 13.4. The van der Waals surface area contributed by atoms with E-state index in [0.29, 0.717) is 34.3 Å². The molecule has 0 bridgehead atoms. The van der Waals surface area contributed by atoms with Crippen molar-refractivity contribution in [3.8, 4) is 29.0 Å². The third kappa shape index (κ3) is 5.04. The quantitative estimate of drug-likeness (QED) is 0.263. The van der Waals surface area contributed by atoms with Crippen LogP contribution in [0.2, 0.25) is 0 Å². The highest BCUT2D eigenvalue weighted by atomic mass is 32.2. The minimum atomic E-state index is -4.63. The van der Waals surface area contributed by atoms with Gasteiger partial charge in [0.2, 0.25) is 15.9 Å². The number of hydrogen-bond donors (Lipinski definition) is 1. The lowest BCUT2D eigenvalue weighted by Crippen LogP contribution is -2.15. The van der Waals surface area contributed by atoms with Crippen molar-refractivity contribution >= 4 is 26.6 Å². The number of aromatic nitrogens is 2. The standard InChI is InChI=1S/C27H23F3N4O3S/c1-2-14-38(35,36)33-18-7-5-17(6-8-18)25-22(16-31)21-12-11-20(15-24(21)34(25)19-9-10-19)37-26-23(27(28,29)30)4-3-13-32-26/h3-8,11-13,15,19,33H,2,9-10,14H2,1H3. The third-order valence-electron chi connectivity index (χ3n) is 6.20. The summed E-state index contributed by atoms with van der Waals surface area (Å²) in [5, 5.41) is 10.7. The van der Waals surface area contributed by atoms with Gasteiger partial charge in [-0.05, 0) is 61.2 Å². The fourth-order valence-corrected chi connectivity index (χ4v) is 5.59. The van der Waals surface area contributed by atoms with Gasteiger partial charge < -0.3 is 9.30 Å². The van der Waals surface area contributed by atoms with E-state index in [9.17, 15) is 26.9 Å². The molecule has 0 unspecified atom stereocenters. The van der Waals surface area contributed by atoms with Crippen LogP contribution in [0.25, 0.3) is 22.2 Å². The molecule has 1 aliphatic rings. The Morgan fingerprint density at radius 3 is 2.53 bits per heavy atom. The molecule has 1 N–H and O–H groups in total. The van der Waals surface area contributed by atoms with Crippen LogP contribution in [0.1, 0.15) is 43.4 Å². The monoisotopic (exact) mass is 540 g/mol. The van der Waals surface area contributed by atoms with E-state index in [1.807, 2.05) is 4.57 Å². The lowest BCUT2D eigenvalue weighted by atomic mass is 10.1. The summed E-state index contributed by atoms with van der Waals surface area (Å²) in [6.45, 7) is 1.78. The highest BCUT2D eigenvalue weighted by molar-refractivity contribution is 7.92. The predicted octanol–water partition coefficient (Wildman–Crippen LogP) is 6.87. The molecule has 0 amide bonds. The van der Waals surface area contributed by atoms with Crippen molar-refractivity contribution in [3.05, 3.63) is 71.9 Å². The van der Waals surface area contributed by atoms with Crippen molar-refractivity contribution in [1.82, 2.24) is 9.55 Å². The summed E-state index contributed by atoms with van der Waals surface area (Å²) < 4.78 is 74.7. The number of pyridine rings is 1. The number of benzene rings is 2. The number of ether oxygens (including phenoxy) is 1. The molecule has 1 fully saturated rings. The Hall–Kier alpha value is -4.04. The van der Waals surface area contributed by atoms with Crippen LogP contribution in [0.3, 0.4) is 0 Å². The minimum absolute atomic E-state index is 0.0105. The lowest BCUT2D eigenvalue weighted by molar-refractivity contribution is -0.138. The number of fused-ring (bicyclic) bond motifs is 1. The van der Waals surface area contributed by atoms with Gasteiger partial charge in [-0.25, -0.2) is 13.4 Å². The molecule has 38 heavy (non-hydrogen) atoms. The van der Waals surface area contributed by atoms with Gasteiger partial charge in [0.1, 0.15) is 17.4 Å². The summed E-state index contributed by atoms with van der Waals surface area (Å²) in [4.78, 5) is 3.77. The van der Waals surface area contributed by atoms with Crippen molar-refractivity contribution in [2.24, 2.45) is 0 Å². The summed E-state index contributed by atoms with van der Waals surface area (Å²) in [7, 11) is -3.45. The van der Waals surface area contributed by atoms with Crippen LogP contribution in [-0.2, 0) is 16.2 Å². The Bertz CT molecular complexity index is 1650. The average molecular weight is 541 g/mol. The first kappa shape index (κ1) is 25.6. The summed E-state index contributed by atoms with van der Waals surface area (Å²) in [6.07, 6.45) is -1.13. The third-order valence-corrected chi connectivity index (χ3v) is 7.69. The molecule has 7 nitrogen and oxygen atoms in total. The second-order valence-electron chi connectivity index (χ2n) is 9.07. The normalized spacial score (nSPS) is 13.9. The Kier molecular flexibility index (Phi) is 6.53. The van der Waals surface area contributed by atoms with E-state index in [1.54, 1.807) is 43.3 Å². The van der Waals surface area contributed by atoms with E-state index >= 15 is 0 Å². The van der Waals surface area contributed by atoms with E-state index in [1.165, 1.54) is 18.3 Å². The number of nitrogens with zero attached hydrogens (tertiary/aromatic N) is 3. The van der Waals surface area contributed by atoms with Crippen molar-refractivity contribution in [2.75, 3.05) is 10.5 Å². The molecule has 5 rings (SSSR count).